The molecule has 0 saturated carbocycles. The van der Waals surface area contributed by atoms with Crippen LogP contribution < -0.4 is 5.32 Å². The van der Waals surface area contributed by atoms with Crippen LogP contribution in [-0.4, -0.2) is 68.7 Å². The molecule has 0 radical (unpaired) electrons. The SMILES string of the molecule is CCN(CC)C(=O)[C@@H]1C[C@H](NC(=O)c2ccn[nH]2)CN1Cc1cc(C)no1. The summed E-state index contributed by atoms with van der Waals surface area (Å²) in [5, 5.41) is 13.4. The number of H-pyrrole nitrogens is 1. The summed E-state index contributed by atoms with van der Waals surface area (Å²) in [6.45, 7) is 8.17. The predicted octanol–water partition coefficient (Wildman–Crippen LogP) is 0.947. The van der Waals surface area contributed by atoms with Crippen LogP contribution in [0.15, 0.2) is 22.9 Å². The van der Waals surface area contributed by atoms with Crippen LogP contribution in [-0.2, 0) is 11.3 Å². The minimum Gasteiger partial charge on any atom is -0.360 e. The number of carbonyl (C=O) groups is 2. The van der Waals surface area contributed by atoms with Crippen LogP contribution in [0, 0.1) is 6.92 Å². The molecule has 2 aromatic rings. The molecular weight excluding hydrogens is 348 g/mol. The van der Waals surface area contributed by atoms with Gasteiger partial charge in [0.25, 0.3) is 5.91 Å². The van der Waals surface area contributed by atoms with Gasteiger partial charge in [0.05, 0.1) is 18.3 Å². The number of aromatic amines is 1. The largest absolute Gasteiger partial charge is 0.360 e. The summed E-state index contributed by atoms with van der Waals surface area (Å²) in [6.07, 6.45) is 2.09. The summed E-state index contributed by atoms with van der Waals surface area (Å²) < 4.78 is 5.33. The molecule has 0 unspecified atom stereocenters. The van der Waals surface area contributed by atoms with Crippen LogP contribution in [0.5, 0.6) is 0 Å². The van der Waals surface area contributed by atoms with Gasteiger partial charge < -0.3 is 14.7 Å². The van der Waals surface area contributed by atoms with Crippen molar-refractivity contribution >= 4 is 11.8 Å². The summed E-state index contributed by atoms with van der Waals surface area (Å²) >= 11 is 0. The minimum atomic E-state index is -0.303. The number of nitrogens with zero attached hydrogens (tertiary/aromatic N) is 4. The summed E-state index contributed by atoms with van der Waals surface area (Å²) in [7, 11) is 0. The Morgan fingerprint density at radius 1 is 1.41 bits per heavy atom. The van der Waals surface area contributed by atoms with Crippen molar-refractivity contribution in [3.63, 3.8) is 0 Å². The number of carbonyl (C=O) groups excluding carboxylic acids is 2. The van der Waals surface area contributed by atoms with E-state index in [9.17, 15) is 9.59 Å². The molecule has 27 heavy (non-hydrogen) atoms. The molecular formula is C18H26N6O3. The molecule has 146 valence electrons. The van der Waals surface area contributed by atoms with Crippen molar-refractivity contribution in [2.75, 3.05) is 19.6 Å². The molecule has 1 aliphatic heterocycles. The van der Waals surface area contributed by atoms with Crippen molar-refractivity contribution in [2.24, 2.45) is 0 Å². The zero-order chi connectivity index (χ0) is 19.4. The van der Waals surface area contributed by atoms with Crippen molar-refractivity contribution in [3.8, 4) is 0 Å². The molecule has 9 heteroatoms. The minimum absolute atomic E-state index is 0.0783. The van der Waals surface area contributed by atoms with Crippen LogP contribution in [0.2, 0.25) is 0 Å². The zero-order valence-electron chi connectivity index (χ0n) is 15.9. The van der Waals surface area contributed by atoms with Crippen molar-refractivity contribution in [2.45, 2.75) is 45.8 Å². The summed E-state index contributed by atoms with van der Waals surface area (Å²) in [6, 6.07) is 3.06. The average Bonchev–Trinajstić information content (AvgIpc) is 3.38. The van der Waals surface area contributed by atoms with E-state index in [-0.39, 0.29) is 23.9 Å². The molecule has 0 spiro atoms. The fourth-order valence-electron chi connectivity index (χ4n) is 3.52. The monoisotopic (exact) mass is 374 g/mol. The van der Waals surface area contributed by atoms with E-state index in [4.69, 9.17) is 4.52 Å². The van der Waals surface area contributed by atoms with Crippen LogP contribution in [0.3, 0.4) is 0 Å². The van der Waals surface area contributed by atoms with E-state index in [2.05, 4.69) is 25.6 Å². The number of aryl methyl sites for hydroxylation is 1. The quantitative estimate of drug-likeness (QED) is 0.747. The third-order valence-corrected chi connectivity index (χ3v) is 4.88. The van der Waals surface area contributed by atoms with Gasteiger partial charge in [0.15, 0.2) is 5.76 Å². The van der Waals surface area contributed by atoms with E-state index >= 15 is 0 Å². The number of nitrogens with one attached hydrogen (secondary N) is 2. The van der Waals surface area contributed by atoms with Gasteiger partial charge in [-0.2, -0.15) is 5.10 Å². The highest BCUT2D eigenvalue weighted by Crippen LogP contribution is 2.23. The molecule has 1 aliphatic rings. The Kier molecular flexibility index (Phi) is 5.90. The molecule has 2 aromatic heterocycles. The summed E-state index contributed by atoms with van der Waals surface area (Å²) in [4.78, 5) is 29.2. The third-order valence-electron chi connectivity index (χ3n) is 4.88. The van der Waals surface area contributed by atoms with E-state index in [0.717, 1.165) is 5.69 Å². The van der Waals surface area contributed by atoms with Gasteiger partial charge in [0.2, 0.25) is 5.91 Å². The van der Waals surface area contributed by atoms with Crippen LogP contribution in [0.4, 0.5) is 0 Å². The van der Waals surface area contributed by atoms with Gasteiger partial charge in [0.1, 0.15) is 5.69 Å². The third kappa shape index (κ3) is 4.36. The number of rotatable bonds is 7. The average molecular weight is 374 g/mol. The molecule has 1 saturated heterocycles. The Hall–Kier alpha value is -2.68. The van der Waals surface area contributed by atoms with Gasteiger partial charge in [0, 0.05) is 37.9 Å². The Bertz CT molecular complexity index is 768. The van der Waals surface area contributed by atoms with Crippen LogP contribution in [0.1, 0.15) is 42.2 Å². The first-order valence-corrected chi connectivity index (χ1v) is 9.27. The summed E-state index contributed by atoms with van der Waals surface area (Å²) in [5.74, 6) is 0.573. The normalized spacial score (nSPS) is 20.0. The molecule has 1 fully saturated rings. The molecule has 0 aromatic carbocycles. The molecule has 3 rings (SSSR count). The standard InChI is InChI=1S/C18H26N6O3/c1-4-23(5-2)18(26)16-9-13(20-17(25)15-6-7-19-21-15)10-24(16)11-14-8-12(3)22-27-14/h6-8,13,16H,4-5,9-11H2,1-3H3,(H,19,21)(H,20,25)/t13-,16-/m0/s1. The van der Waals surface area contributed by atoms with E-state index in [1.54, 1.807) is 6.07 Å². The molecule has 3 heterocycles. The fourth-order valence-corrected chi connectivity index (χ4v) is 3.52. The molecule has 0 bridgehead atoms. The van der Waals surface area contributed by atoms with Gasteiger partial charge in [-0.3, -0.25) is 19.6 Å². The lowest BCUT2D eigenvalue weighted by atomic mass is 10.1. The summed E-state index contributed by atoms with van der Waals surface area (Å²) in [5.41, 5.74) is 1.21. The Labute approximate surface area is 158 Å². The van der Waals surface area contributed by atoms with Gasteiger partial charge in [-0.25, -0.2) is 0 Å². The Morgan fingerprint density at radius 2 is 2.19 bits per heavy atom. The predicted molar refractivity (Wildman–Crippen MR) is 97.8 cm³/mol. The Morgan fingerprint density at radius 3 is 2.78 bits per heavy atom. The van der Waals surface area contributed by atoms with Gasteiger partial charge >= 0.3 is 0 Å². The Balaban J connectivity index is 1.73. The van der Waals surface area contributed by atoms with Crippen molar-refractivity contribution < 1.29 is 14.1 Å². The highest BCUT2D eigenvalue weighted by Gasteiger charge is 2.39. The molecule has 2 amide bonds. The molecule has 9 nitrogen and oxygen atoms in total. The van der Waals surface area contributed by atoms with Crippen molar-refractivity contribution in [1.82, 2.24) is 30.5 Å². The number of aromatic nitrogens is 3. The van der Waals surface area contributed by atoms with Crippen molar-refractivity contribution in [3.05, 3.63) is 35.5 Å². The zero-order valence-corrected chi connectivity index (χ0v) is 15.9. The lowest BCUT2D eigenvalue weighted by Crippen LogP contribution is -2.45. The highest BCUT2D eigenvalue weighted by atomic mass is 16.5. The maximum Gasteiger partial charge on any atom is 0.269 e. The topological polar surface area (TPSA) is 107 Å². The fraction of sp³-hybridized carbons (Fsp3) is 0.556. The van der Waals surface area contributed by atoms with Gasteiger partial charge in [-0.1, -0.05) is 5.16 Å². The van der Waals surface area contributed by atoms with Crippen LogP contribution >= 0.6 is 0 Å². The number of hydrogen-bond acceptors (Lipinski definition) is 6. The van der Waals surface area contributed by atoms with E-state index < -0.39 is 0 Å². The first kappa shape index (κ1) is 19.1. The maximum absolute atomic E-state index is 13.0. The molecule has 0 aliphatic carbocycles. The second-order valence-corrected chi connectivity index (χ2v) is 6.77. The van der Waals surface area contributed by atoms with E-state index in [0.29, 0.717) is 44.1 Å². The number of amides is 2. The van der Waals surface area contributed by atoms with Crippen molar-refractivity contribution in [1.29, 1.82) is 0 Å². The van der Waals surface area contributed by atoms with Gasteiger partial charge in [-0.05, 0) is 33.3 Å². The second kappa shape index (κ2) is 8.34. The number of likely N-dealkylation sites (N-methyl/N-ethyl adjacent to an activating group) is 1. The molecule has 2 N–H and O–H groups in total. The maximum atomic E-state index is 13.0. The molecule has 2 atom stereocenters. The van der Waals surface area contributed by atoms with Gasteiger partial charge in [-0.15, -0.1) is 0 Å². The first-order valence-electron chi connectivity index (χ1n) is 9.27. The lowest BCUT2D eigenvalue weighted by Gasteiger charge is -2.28. The second-order valence-electron chi connectivity index (χ2n) is 6.77. The number of hydrogen-bond donors (Lipinski definition) is 2. The van der Waals surface area contributed by atoms with Crippen LogP contribution in [0.25, 0.3) is 0 Å². The first-order chi connectivity index (χ1) is 13.0. The smallest absolute Gasteiger partial charge is 0.269 e. The lowest BCUT2D eigenvalue weighted by molar-refractivity contribution is -0.135. The van der Waals surface area contributed by atoms with E-state index in [1.165, 1.54) is 6.20 Å². The number of likely N-dealkylation sites (tertiary alicyclic amines) is 1. The van der Waals surface area contributed by atoms with E-state index in [1.807, 2.05) is 31.7 Å². The highest BCUT2D eigenvalue weighted by molar-refractivity contribution is 5.92.